The summed E-state index contributed by atoms with van der Waals surface area (Å²) in [7, 11) is 3.26. The minimum absolute atomic E-state index is 0.0579. The maximum absolute atomic E-state index is 13.3. The van der Waals surface area contributed by atoms with Crippen molar-refractivity contribution in [2.75, 3.05) is 33.9 Å². The molecule has 0 fully saturated rings. The number of benzene rings is 2. The van der Waals surface area contributed by atoms with Crippen LogP contribution < -0.4 is 14.8 Å². The third kappa shape index (κ3) is 6.38. The van der Waals surface area contributed by atoms with E-state index in [1.165, 1.54) is 0 Å². The second kappa shape index (κ2) is 12.2. The largest absolute Gasteiger partial charge is 0.497 e. The van der Waals surface area contributed by atoms with Gasteiger partial charge in [-0.3, -0.25) is 4.79 Å². The summed E-state index contributed by atoms with van der Waals surface area (Å²) in [6.07, 6.45) is 1.96. The average molecular weight is 465 g/mol. The van der Waals surface area contributed by atoms with Crippen molar-refractivity contribution >= 4 is 5.91 Å². The first kappa shape index (κ1) is 25.3. The Labute approximate surface area is 202 Å². The molecule has 0 bridgehead atoms. The molecule has 34 heavy (non-hydrogen) atoms. The van der Waals surface area contributed by atoms with Crippen LogP contribution in [0.4, 0.5) is 0 Å². The Morgan fingerprint density at radius 3 is 2.38 bits per heavy atom. The number of nitrogens with zero attached hydrogens (tertiary/aromatic N) is 3. The van der Waals surface area contributed by atoms with Gasteiger partial charge in [-0.05, 0) is 81.9 Å². The molecule has 0 aliphatic carbocycles. The smallest absolute Gasteiger partial charge is 0.270 e. The van der Waals surface area contributed by atoms with Crippen LogP contribution in [0.25, 0.3) is 16.9 Å². The highest BCUT2D eigenvalue weighted by molar-refractivity contribution is 5.94. The average Bonchev–Trinajstić information content (AvgIpc) is 3.32. The van der Waals surface area contributed by atoms with Gasteiger partial charge in [-0.25, -0.2) is 4.68 Å². The van der Waals surface area contributed by atoms with E-state index in [1.54, 1.807) is 18.9 Å². The maximum atomic E-state index is 13.3. The lowest BCUT2D eigenvalue weighted by atomic mass is 10.1. The number of ether oxygens (including phenoxy) is 2. The first-order valence-electron chi connectivity index (χ1n) is 11.9. The SMILES string of the molecule is CCN(CC)CCCC(C)NC(=O)c1cc(-c2cccc(OC)c2)nn1-c1ccc(OC)cc1. The molecule has 0 aliphatic rings. The first-order valence-corrected chi connectivity index (χ1v) is 11.9. The lowest BCUT2D eigenvalue weighted by Crippen LogP contribution is -2.34. The van der Waals surface area contributed by atoms with Crippen molar-refractivity contribution in [3.05, 3.63) is 60.3 Å². The number of amides is 1. The second-order valence-electron chi connectivity index (χ2n) is 8.30. The van der Waals surface area contributed by atoms with E-state index in [0.717, 1.165) is 55.2 Å². The highest BCUT2D eigenvalue weighted by atomic mass is 16.5. The number of hydrogen-bond acceptors (Lipinski definition) is 5. The molecule has 7 heteroatoms. The number of carbonyl (C=O) groups is 1. The Balaban J connectivity index is 1.84. The normalized spacial score (nSPS) is 11.9. The van der Waals surface area contributed by atoms with Crippen LogP contribution in [0, 0.1) is 0 Å². The number of aromatic nitrogens is 2. The molecule has 0 saturated heterocycles. The summed E-state index contributed by atoms with van der Waals surface area (Å²) < 4.78 is 12.3. The van der Waals surface area contributed by atoms with Gasteiger partial charge in [-0.1, -0.05) is 26.0 Å². The van der Waals surface area contributed by atoms with E-state index in [0.29, 0.717) is 11.4 Å². The lowest BCUT2D eigenvalue weighted by molar-refractivity contribution is 0.0929. The van der Waals surface area contributed by atoms with Gasteiger partial charge in [0.25, 0.3) is 5.91 Å². The molecule has 1 atom stereocenters. The molecule has 0 saturated carbocycles. The van der Waals surface area contributed by atoms with Crippen LogP contribution in [-0.4, -0.2) is 60.5 Å². The molecule has 1 heterocycles. The standard InChI is InChI=1S/C27H36N4O3/c1-6-30(7-2)17-9-10-20(3)28-27(32)26-19-25(21-11-8-12-24(18-21)34-5)29-31(26)22-13-15-23(33-4)16-14-22/h8,11-16,18-20H,6-7,9-10,17H2,1-5H3,(H,28,32). The summed E-state index contributed by atoms with van der Waals surface area (Å²) >= 11 is 0. The summed E-state index contributed by atoms with van der Waals surface area (Å²) in [5.41, 5.74) is 2.86. The Kier molecular flexibility index (Phi) is 9.10. The van der Waals surface area contributed by atoms with Crippen molar-refractivity contribution in [3.63, 3.8) is 0 Å². The summed E-state index contributed by atoms with van der Waals surface area (Å²) in [6.45, 7) is 9.54. The quantitative estimate of drug-likeness (QED) is 0.417. The number of rotatable bonds is 12. The van der Waals surface area contributed by atoms with Crippen LogP contribution >= 0.6 is 0 Å². The second-order valence-corrected chi connectivity index (χ2v) is 8.30. The summed E-state index contributed by atoms with van der Waals surface area (Å²) in [6, 6.07) is 17.1. The van der Waals surface area contributed by atoms with Gasteiger partial charge in [0.05, 0.1) is 25.6 Å². The van der Waals surface area contributed by atoms with E-state index in [1.807, 2.05) is 54.6 Å². The molecule has 1 aromatic heterocycles. The van der Waals surface area contributed by atoms with E-state index >= 15 is 0 Å². The molecule has 0 radical (unpaired) electrons. The predicted molar refractivity (Wildman–Crippen MR) is 136 cm³/mol. The molecule has 182 valence electrons. The summed E-state index contributed by atoms with van der Waals surface area (Å²) in [5.74, 6) is 1.34. The highest BCUT2D eigenvalue weighted by Gasteiger charge is 2.19. The van der Waals surface area contributed by atoms with Crippen molar-refractivity contribution < 1.29 is 14.3 Å². The van der Waals surface area contributed by atoms with Crippen LogP contribution in [-0.2, 0) is 0 Å². The van der Waals surface area contributed by atoms with Crippen LogP contribution in [0.5, 0.6) is 11.5 Å². The molecular formula is C27H36N4O3. The summed E-state index contributed by atoms with van der Waals surface area (Å²) in [5, 5.41) is 7.93. The van der Waals surface area contributed by atoms with Crippen LogP contribution in [0.15, 0.2) is 54.6 Å². The zero-order valence-electron chi connectivity index (χ0n) is 20.9. The van der Waals surface area contributed by atoms with Crippen molar-refractivity contribution in [1.29, 1.82) is 0 Å². The van der Waals surface area contributed by atoms with Crippen molar-refractivity contribution in [3.8, 4) is 28.4 Å². The lowest BCUT2D eigenvalue weighted by Gasteiger charge is -2.20. The minimum Gasteiger partial charge on any atom is -0.497 e. The molecule has 3 aromatic rings. The van der Waals surface area contributed by atoms with E-state index in [-0.39, 0.29) is 11.9 Å². The van der Waals surface area contributed by atoms with Gasteiger partial charge >= 0.3 is 0 Å². The molecule has 0 spiro atoms. The van der Waals surface area contributed by atoms with Crippen molar-refractivity contribution in [2.45, 2.75) is 39.7 Å². The topological polar surface area (TPSA) is 68.6 Å². The molecule has 1 unspecified atom stereocenters. The highest BCUT2D eigenvalue weighted by Crippen LogP contribution is 2.26. The van der Waals surface area contributed by atoms with Crippen LogP contribution in [0.3, 0.4) is 0 Å². The van der Waals surface area contributed by atoms with E-state index in [9.17, 15) is 4.79 Å². The zero-order chi connectivity index (χ0) is 24.5. The van der Waals surface area contributed by atoms with Crippen LogP contribution in [0.1, 0.15) is 44.1 Å². The first-order chi connectivity index (χ1) is 16.5. The fraction of sp³-hybridized carbons (Fsp3) is 0.407. The molecular weight excluding hydrogens is 428 g/mol. The minimum atomic E-state index is -0.146. The molecule has 7 nitrogen and oxygen atoms in total. The molecule has 0 aliphatic heterocycles. The number of hydrogen-bond donors (Lipinski definition) is 1. The zero-order valence-corrected chi connectivity index (χ0v) is 20.9. The van der Waals surface area contributed by atoms with Gasteiger partial charge < -0.3 is 19.7 Å². The monoisotopic (exact) mass is 464 g/mol. The Morgan fingerprint density at radius 1 is 1.03 bits per heavy atom. The number of carbonyl (C=O) groups excluding carboxylic acids is 1. The number of nitrogens with one attached hydrogen (secondary N) is 1. The van der Waals surface area contributed by atoms with Gasteiger partial charge in [0, 0.05) is 11.6 Å². The van der Waals surface area contributed by atoms with Gasteiger partial charge in [0.1, 0.15) is 17.2 Å². The van der Waals surface area contributed by atoms with Gasteiger partial charge in [-0.2, -0.15) is 5.10 Å². The van der Waals surface area contributed by atoms with E-state index < -0.39 is 0 Å². The molecule has 1 amide bonds. The van der Waals surface area contributed by atoms with E-state index in [2.05, 4.69) is 31.0 Å². The predicted octanol–water partition coefficient (Wildman–Crippen LogP) is 4.80. The maximum Gasteiger partial charge on any atom is 0.270 e. The Hall–Kier alpha value is -3.32. The fourth-order valence-electron chi connectivity index (χ4n) is 3.92. The van der Waals surface area contributed by atoms with Gasteiger partial charge in [-0.15, -0.1) is 0 Å². The van der Waals surface area contributed by atoms with Gasteiger partial charge in [0.15, 0.2) is 0 Å². The summed E-state index contributed by atoms with van der Waals surface area (Å²) in [4.78, 5) is 15.7. The van der Waals surface area contributed by atoms with Crippen LogP contribution in [0.2, 0.25) is 0 Å². The molecule has 1 N–H and O–H groups in total. The van der Waals surface area contributed by atoms with Crippen molar-refractivity contribution in [2.24, 2.45) is 0 Å². The van der Waals surface area contributed by atoms with E-state index in [4.69, 9.17) is 14.6 Å². The Bertz CT molecular complexity index is 1060. The van der Waals surface area contributed by atoms with Gasteiger partial charge in [0.2, 0.25) is 0 Å². The third-order valence-electron chi connectivity index (χ3n) is 6.01. The number of methoxy groups -OCH3 is 2. The fourth-order valence-corrected chi connectivity index (χ4v) is 3.92. The molecule has 3 rings (SSSR count). The van der Waals surface area contributed by atoms with Crippen molar-refractivity contribution in [1.82, 2.24) is 20.0 Å². The third-order valence-corrected chi connectivity index (χ3v) is 6.01. The Morgan fingerprint density at radius 2 is 1.74 bits per heavy atom. The molecule has 2 aromatic carbocycles.